The Labute approximate surface area is 220 Å². The summed E-state index contributed by atoms with van der Waals surface area (Å²) in [5, 5.41) is 2.64. The van der Waals surface area contributed by atoms with E-state index in [4.69, 9.17) is 21.1 Å². The van der Waals surface area contributed by atoms with Gasteiger partial charge >= 0.3 is 6.03 Å². The topological polar surface area (TPSA) is 84.9 Å². The number of nitrogens with zero attached hydrogens (tertiary/aromatic N) is 1. The van der Waals surface area contributed by atoms with Gasteiger partial charge in [0.25, 0.3) is 11.8 Å². The molecule has 1 fully saturated rings. The van der Waals surface area contributed by atoms with Crippen molar-refractivity contribution >= 4 is 41.2 Å². The van der Waals surface area contributed by atoms with Crippen molar-refractivity contribution in [1.29, 1.82) is 0 Å². The van der Waals surface area contributed by atoms with Crippen molar-refractivity contribution in [3.8, 4) is 11.5 Å². The predicted octanol–water partition coefficient (Wildman–Crippen LogP) is 6.07. The van der Waals surface area contributed by atoms with E-state index in [0.29, 0.717) is 34.4 Å². The smallest absolute Gasteiger partial charge is 0.335 e. The Balaban J connectivity index is 1.59. The zero-order valence-corrected chi connectivity index (χ0v) is 21.4. The average molecular weight is 519 g/mol. The van der Waals surface area contributed by atoms with E-state index in [1.54, 1.807) is 42.5 Å². The molecule has 0 bridgehead atoms. The number of halogens is 1. The molecule has 1 aliphatic rings. The molecular weight excluding hydrogens is 492 g/mol. The molecule has 1 aliphatic heterocycles. The predicted molar refractivity (Wildman–Crippen MR) is 143 cm³/mol. The standard InChI is InChI=1S/C29H27ClN2O5/c1-3-4-15-36-24-12-10-23(11-13-24)32-28(34)25(27(33)31-29(32)35)17-21-16-22(30)9-14-26(21)37-18-20-7-5-19(2)6-8-20/h5-14,16-17H,3-4,15,18H2,1-2H3,(H,31,33,35)/b25-17-. The summed E-state index contributed by atoms with van der Waals surface area (Å²) in [5.41, 5.74) is 2.63. The Morgan fingerprint density at radius 1 is 0.946 bits per heavy atom. The summed E-state index contributed by atoms with van der Waals surface area (Å²) in [6, 6.07) is 18.6. The lowest BCUT2D eigenvalue weighted by atomic mass is 10.1. The fraction of sp³-hybridized carbons (Fsp3) is 0.207. The molecule has 0 unspecified atom stereocenters. The summed E-state index contributed by atoms with van der Waals surface area (Å²) in [4.78, 5) is 39.5. The molecule has 7 nitrogen and oxygen atoms in total. The third kappa shape index (κ3) is 6.37. The average Bonchev–Trinajstić information content (AvgIpc) is 2.88. The quantitative estimate of drug-likeness (QED) is 0.211. The number of nitrogens with one attached hydrogen (secondary N) is 1. The van der Waals surface area contributed by atoms with Crippen molar-refractivity contribution in [1.82, 2.24) is 5.32 Å². The van der Waals surface area contributed by atoms with Crippen molar-refractivity contribution in [2.45, 2.75) is 33.3 Å². The number of carbonyl (C=O) groups is 3. The highest BCUT2D eigenvalue weighted by atomic mass is 35.5. The molecular formula is C29H27ClN2O5. The number of unbranched alkanes of at least 4 members (excludes halogenated alkanes) is 1. The van der Waals surface area contributed by atoms with Gasteiger partial charge in [-0.15, -0.1) is 0 Å². The molecule has 4 amide bonds. The molecule has 1 N–H and O–H groups in total. The Morgan fingerprint density at radius 3 is 2.38 bits per heavy atom. The second kappa shape index (κ2) is 11.8. The lowest BCUT2D eigenvalue weighted by molar-refractivity contribution is -0.122. The van der Waals surface area contributed by atoms with Gasteiger partial charge in [0.1, 0.15) is 23.7 Å². The normalized spacial score (nSPS) is 14.6. The number of aryl methyl sites for hydroxylation is 1. The lowest BCUT2D eigenvalue weighted by Crippen LogP contribution is -2.54. The number of imide groups is 2. The third-order valence-corrected chi connectivity index (χ3v) is 5.98. The summed E-state index contributed by atoms with van der Waals surface area (Å²) < 4.78 is 11.6. The fourth-order valence-electron chi connectivity index (χ4n) is 3.68. The highest BCUT2D eigenvalue weighted by Crippen LogP contribution is 2.29. The van der Waals surface area contributed by atoms with Gasteiger partial charge in [0.05, 0.1) is 12.3 Å². The highest BCUT2D eigenvalue weighted by molar-refractivity contribution is 6.39. The number of anilines is 1. The molecule has 0 atom stereocenters. The van der Waals surface area contributed by atoms with Crippen LogP contribution in [0.25, 0.3) is 6.08 Å². The largest absolute Gasteiger partial charge is 0.494 e. The van der Waals surface area contributed by atoms with Crippen molar-refractivity contribution < 1.29 is 23.9 Å². The molecule has 0 aliphatic carbocycles. The van der Waals surface area contributed by atoms with Crippen LogP contribution < -0.4 is 19.7 Å². The van der Waals surface area contributed by atoms with Crippen LogP contribution in [-0.4, -0.2) is 24.5 Å². The van der Waals surface area contributed by atoms with Gasteiger partial charge in [-0.3, -0.25) is 14.9 Å². The van der Waals surface area contributed by atoms with Gasteiger partial charge in [0.2, 0.25) is 0 Å². The van der Waals surface area contributed by atoms with E-state index in [1.807, 2.05) is 31.2 Å². The van der Waals surface area contributed by atoms with Crippen LogP contribution in [0.5, 0.6) is 11.5 Å². The van der Waals surface area contributed by atoms with Crippen molar-refractivity contribution in [3.63, 3.8) is 0 Å². The van der Waals surface area contributed by atoms with E-state index in [9.17, 15) is 14.4 Å². The number of hydrogen-bond acceptors (Lipinski definition) is 5. The molecule has 8 heteroatoms. The fourth-order valence-corrected chi connectivity index (χ4v) is 3.86. The van der Waals surface area contributed by atoms with E-state index < -0.39 is 17.8 Å². The number of barbiturate groups is 1. The summed E-state index contributed by atoms with van der Waals surface area (Å²) in [7, 11) is 0. The molecule has 0 saturated carbocycles. The maximum absolute atomic E-state index is 13.3. The maximum Gasteiger partial charge on any atom is 0.335 e. The minimum atomic E-state index is -0.825. The molecule has 1 heterocycles. The second-order valence-electron chi connectivity index (χ2n) is 8.61. The van der Waals surface area contributed by atoms with Gasteiger partial charge in [-0.1, -0.05) is 54.8 Å². The lowest BCUT2D eigenvalue weighted by Gasteiger charge is -2.26. The third-order valence-electron chi connectivity index (χ3n) is 5.75. The summed E-state index contributed by atoms with van der Waals surface area (Å²) in [6.07, 6.45) is 3.32. The van der Waals surface area contributed by atoms with Crippen molar-refractivity contribution in [3.05, 3.63) is 94.0 Å². The van der Waals surface area contributed by atoms with Crippen molar-refractivity contribution in [2.24, 2.45) is 0 Å². The summed E-state index contributed by atoms with van der Waals surface area (Å²) in [5.74, 6) is -0.480. The van der Waals surface area contributed by atoms with Gasteiger partial charge in [0, 0.05) is 10.6 Å². The van der Waals surface area contributed by atoms with Crippen molar-refractivity contribution in [2.75, 3.05) is 11.5 Å². The zero-order chi connectivity index (χ0) is 26.4. The van der Waals surface area contributed by atoms with Crippen LogP contribution in [0.2, 0.25) is 5.02 Å². The second-order valence-corrected chi connectivity index (χ2v) is 9.05. The number of ether oxygens (including phenoxy) is 2. The Hall–Kier alpha value is -4.10. The summed E-state index contributed by atoms with van der Waals surface area (Å²) >= 11 is 6.20. The SMILES string of the molecule is CCCCOc1ccc(N2C(=O)NC(=O)/C(=C/c3cc(Cl)ccc3OCc3ccc(C)cc3)C2=O)cc1. The maximum atomic E-state index is 13.3. The first-order valence-electron chi connectivity index (χ1n) is 12.0. The van der Waals surface area contributed by atoms with E-state index >= 15 is 0 Å². The van der Waals surface area contributed by atoms with E-state index in [-0.39, 0.29) is 12.2 Å². The molecule has 4 rings (SSSR count). The van der Waals surface area contributed by atoms with Gasteiger partial charge < -0.3 is 9.47 Å². The number of benzene rings is 3. The summed E-state index contributed by atoms with van der Waals surface area (Å²) in [6.45, 7) is 4.94. The minimum Gasteiger partial charge on any atom is -0.494 e. The van der Waals surface area contributed by atoms with Crippen LogP contribution in [-0.2, 0) is 16.2 Å². The zero-order valence-electron chi connectivity index (χ0n) is 20.6. The number of rotatable bonds is 9. The number of carbonyl (C=O) groups excluding carboxylic acids is 3. The molecule has 3 aromatic carbocycles. The number of urea groups is 1. The Morgan fingerprint density at radius 2 is 1.68 bits per heavy atom. The Kier molecular flexibility index (Phi) is 8.25. The highest BCUT2D eigenvalue weighted by Gasteiger charge is 2.37. The minimum absolute atomic E-state index is 0.217. The van der Waals surface area contributed by atoms with Crippen LogP contribution in [0.15, 0.2) is 72.3 Å². The first-order valence-corrected chi connectivity index (χ1v) is 12.4. The molecule has 190 valence electrons. The van der Waals surface area contributed by atoms with Crippen LogP contribution in [0.3, 0.4) is 0 Å². The number of amides is 4. The van der Waals surface area contributed by atoms with Crippen LogP contribution >= 0.6 is 11.6 Å². The monoisotopic (exact) mass is 518 g/mol. The van der Waals surface area contributed by atoms with E-state index in [1.165, 1.54) is 6.08 Å². The molecule has 0 aromatic heterocycles. The van der Waals surface area contributed by atoms with E-state index in [0.717, 1.165) is 28.9 Å². The number of hydrogen-bond donors (Lipinski definition) is 1. The molecule has 3 aromatic rings. The van der Waals surface area contributed by atoms with Crippen LogP contribution in [0.4, 0.5) is 10.5 Å². The molecule has 37 heavy (non-hydrogen) atoms. The molecule has 0 spiro atoms. The molecule has 1 saturated heterocycles. The molecule has 0 radical (unpaired) electrons. The van der Waals surface area contributed by atoms with Gasteiger partial charge in [0.15, 0.2) is 0 Å². The van der Waals surface area contributed by atoms with Gasteiger partial charge in [-0.25, -0.2) is 9.69 Å². The first kappa shape index (κ1) is 26.0. The Bertz CT molecular complexity index is 1330. The van der Waals surface area contributed by atoms with E-state index in [2.05, 4.69) is 12.2 Å². The van der Waals surface area contributed by atoms with Gasteiger partial charge in [-0.05, 0) is 67.4 Å². The van der Waals surface area contributed by atoms with Gasteiger partial charge in [-0.2, -0.15) is 0 Å². The van der Waals surface area contributed by atoms with Crippen LogP contribution in [0.1, 0.15) is 36.5 Å². The first-order chi connectivity index (χ1) is 17.9. The van der Waals surface area contributed by atoms with Crippen LogP contribution in [0, 0.1) is 6.92 Å².